The molecule has 0 aromatic carbocycles. The first-order chi connectivity index (χ1) is 4.29. The number of hydrogen-bond acceptors (Lipinski definition) is 2. The first-order valence-corrected chi connectivity index (χ1v) is 3.39. The molecule has 1 aliphatic heterocycles. The third kappa shape index (κ3) is 0.515. The Morgan fingerprint density at radius 2 is 2.11 bits per heavy atom. The Kier molecular flexibility index (Phi) is 0.916. The van der Waals surface area contributed by atoms with Gasteiger partial charge in [-0.25, -0.2) is 4.39 Å². The van der Waals surface area contributed by atoms with E-state index in [2.05, 4.69) is 5.32 Å². The van der Waals surface area contributed by atoms with Crippen molar-refractivity contribution in [2.75, 3.05) is 19.6 Å². The van der Waals surface area contributed by atoms with Crippen LogP contribution >= 0.6 is 0 Å². The topological polar surface area (TPSA) is 38.0 Å². The van der Waals surface area contributed by atoms with Crippen molar-refractivity contribution < 1.29 is 4.39 Å². The maximum Gasteiger partial charge on any atom is 0.132 e. The van der Waals surface area contributed by atoms with Crippen molar-refractivity contribution in [3.8, 4) is 0 Å². The predicted octanol–water partition coefficient (Wildman–Crippen LogP) is -0.497. The number of hydrogen-bond donors (Lipinski definition) is 2. The van der Waals surface area contributed by atoms with Crippen LogP contribution < -0.4 is 11.1 Å². The molecule has 52 valence electrons. The van der Waals surface area contributed by atoms with E-state index in [-0.39, 0.29) is 18.4 Å². The van der Waals surface area contributed by atoms with Gasteiger partial charge in [0.05, 0.1) is 0 Å². The van der Waals surface area contributed by atoms with Crippen LogP contribution in [-0.2, 0) is 0 Å². The molecule has 2 rings (SSSR count). The summed E-state index contributed by atoms with van der Waals surface area (Å²) in [5.41, 5.74) is 4.27. The molecule has 3 N–H and O–H groups in total. The third-order valence-corrected chi connectivity index (χ3v) is 2.65. The molecule has 1 heterocycles. The summed E-state index contributed by atoms with van der Waals surface area (Å²) < 4.78 is 13.2. The molecule has 0 bridgehead atoms. The van der Waals surface area contributed by atoms with Gasteiger partial charge >= 0.3 is 0 Å². The summed E-state index contributed by atoms with van der Waals surface area (Å²) in [5, 5.41) is 3.12. The van der Waals surface area contributed by atoms with Crippen LogP contribution in [0.1, 0.15) is 0 Å². The molecule has 0 spiro atoms. The Morgan fingerprint density at radius 1 is 1.56 bits per heavy atom. The van der Waals surface area contributed by atoms with E-state index in [1.54, 1.807) is 0 Å². The van der Waals surface area contributed by atoms with Crippen molar-refractivity contribution in [2.24, 2.45) is 17.6 Å². The molecule has 2 fully saturated rings. The molecule has 3 heteroatoms. The quantitative estimate of drug-likeness (QED) is 0.502. The van der Waals surface area contributed by atoms with E-state index < -0.39 is 5.67 Å². The van der Waals surface area contributed by atoms with Crippen LogP contribution in [0.2, 0.25) is 0 Å². The summed E-state index contributed by atoms with van der Waals surface area (Å²) in [6, 6.07) is 0. The smallest absolute Gasteiger partial charge is 0.132 e. The van der Waals surface area contributed by atoms with Crippen molar-refractivity contribution in [1.29, 1.82) is 0 Å². The average Bonchev–Trinajstić information content (AvgIpc) is 2.39. The van der Waals surface area contributed by atoms with E-state index in [0.717, 1.165) is 13.1 Å². The number of nitrogens with one attached hydrogen (secondary N) is 1. The molecule has 0 aromatic rings. The molecule has 2 unspecified atom stereocenters. The van der Waals surface area contributed by atoms with Crippen molar-refractivity contribution in [2.45, 2.75) is 5.67 Å². The minimum absolute atomic E-state index is 0.212. The second kappa shape index (κ2) is 1.47. The van der Waals surface area contributed by atoms with Gasteiger partial charge in [-0.15, -0.1) is 0 Å². The Labute approximate surface area is 53.6 Å². The highest BCUT2D eigenvalue weighted by Gasteiger charge is 2.66. The Balaban J connectivity index is 2.07. The summed E-state index contributed by atoms with van der Waals surface area (Å²) in [7, 11) is 0. The Morgan fingerprint density at radius 3 is 2.44 bits per heavy atom. The number of piperidine rings is 1. The van der Waals surface area contributed by atoms with Crippen LogP contribution in [0, 0.1) is 11.8 Å². The number of fused-ring (bicyclic) bond motifs is 1. The lowest BCUT2D eigenvalue weighted by Crippen LogP contribution is -2.29. The lowest BCUT2D eigenvalue weighted by molar-refractivity contribution is 0.256. The number of nitrogens with two attached hydrogens (primary N) is 1. The van der Waals surface area contributed by atoms with E-state index in [9.17, 15) is 4.39 Å². The van der Waals surface area contributed by atoms with Gasteiger partial charge in [-0.1, -0.05) is 0 Å². The fraction of sp³-hybridized carbons (Fsp3) is 1.00. The van der Waals surface area contributed by atoms with E-state index in [1.165, 1.54) is 0 Å². The Hall–Kier alpha value is -0.150. The van der Waals surface area contributed by atoms with E-state index in [1.807, 2.05) is 0 Å². The summed E-state index contributed by atoms with van der Waals surface area (Å²) in [5.74, 6) is 0.477. The number of alkyl halides is 1. The molecular formula is C6H11FN2. The minimum Gasteiger partial charge on any atom is -0.328 e. The van der Waals surface area contributed by atoms with Crippen molar-refractivity contribution in [3.63, 3.8) is 0 Å². The van der Waals surface area contributed by atoms with Crippen molar-refractivity contribution >= 4 is 0 Å². The molecule has 0 radical (unpaired) electrons. The van der Waals surface area contributed by atoms with Crippen LogP contribution in [0.25, 0.3) is 0 Å². The van der Waals surface area contributed by atoms with Crippen LogP contribution in [0.15, 0.2) is 0 Å². The molecule has 2 atom stereocenters. The molecule has 0 aromatic heterocycles. The average molecular weight is 130 g/mol. The van der Waals surface area contributed by atoms with Gasteiger partial charge in [0.1, 0.15) is 5.67 Å². The fourth-order valence-corrected chi connectivity index (χ4v) is 1.89. The fourth-order valence-electron chi connectivity index (χ4n) is 1.89. The number of rotatable bonds is 1. The highest BCUT2D eigenvalue weighted by molar-refractivity contribution is 5.18. The zero-order valence-corrected chi connectivity index (χ0v) is 5.23. The van der Waals surface area contributed by atoms with Crippen molar-refractivity contribution in [1.82, 2.24) is 5.32 Å². The van der Waals surface area contributed by atoms with Gasteiger partial charge in [0, 0.05) is 31.5 Å². The Bertz CT molecular complexity index is 127. The largest absolute Gasteiger partial charge is 0.328 e. The molecular weight excluding hydrogens is 119 g/mol. The standard InChI is InChI=1S/C6H11FN2/c7-6(3-8)4-1-9-2-5(4)6/h4-5,9H,1-3,8H2. The predicted molar refractivity (Wildman–Crippen MR) is 32.7 cm³/mol. The summed E-state index contributed by atoms with van der Waals surface area (Å²) in [4.78, 5) is 0. The molecule has 9 heavy (non-hydrogen) atoms. The molecule has 2 nitrogen and oxygen atoms in total. The second-order valence-electron chi connectivity index (χ2n) is 3.00. The zero-order chi connectivity index (χ0) is 6.48. The van der Waals surface area contributed by atoms with Gasteiger partial charge in [0.25, 0.3) is 0 Å². The normalized spacial score (nSPS) is 55.3. The molecule has 0 amide bonds. The van der Waals surface area contributed by atoms with Gasteiger partial charge in [-0.05, 0) is 0 Å². The van der Waals surface area contributed by atoms with Crippen LogP contribution in [-0.4, -0.2) is 25.3 Å². The first-order valence-electron chi connectivity index (χ1n) is 3.39. The highest BCUT2D eigenvalue weighted by atomic mass is 19.1. The van der Waals surface area contributed by atoms with Gasteiger partial charge < -0.3 is 11.1 Å². The SMILES string of the molecule is NCC1(F)C2CNCC21. The zero-order valence-electron chi connectivity index (χ0n) is 5.23. The van der Waals surface area contributed by atoms with Gasteiger partial charge in [0.15, 0.2) is 0 Å². The van der Waals surface area contributed by atoms with Crippen LogP contribution in [0.4, 0.5) is 4.39 Å². The lowest BCUT2D eigenvalue weighted by Gasteiger charge is -2.07. The van der Waals surface area contributed by atoms with E-state index in [4.69, 9.17) is 5.73 Å². The van der Waals surface area contributed by atoms with Gasteiger partial charge in [0.2, 0.25) is 0 Å². The van der Waals surface area contributed by atoms with Crippen LogP contribution in [0.5, 0.6) is 0 Å². The summed E-state index contributed by atoms with van der Waals surface area (Å²) >= 11 is 0. The summed E-state index contributed by atoms with van der Waals surface area (Å²) in [6.07, 6.45) is 0. The maximum absolute atomic E-state index is 13.2. The van der Waals surface area contributed by atoms with E-state index in [0.29, 0.717) is 0 Å². The van der Waals surface area contributed by atoms with Gasteiger partial charge in [-0.2, -0.15) is 0 Å². The highest BCUT2D eigenvalue weighted by Crippen LogP contribution is 2.54. The maximum atomic E-state index is 13.2. The minimum atomic E-state index is -0.981. The first kappa shape index (κ1) is 5.62. The number of halogens is 1. The molecule has 2 aliphatic rings. The van der Waals surface area contributed by atoms with Crippen molar-refractivity contribution in [3.05, 3.63) is 0 Å². The molecule has 1 saturated heterocycles. The monoisotopic (exact) mass is 130 g/mol. The summed E-state index contributed by atoms with van der Waals surface area (Å²) in [6.45, 7) is 1.88. The van der Waals surface area contributed by atoms with E-state index >= 15 is 0 Å². The molecule has 1 saturated carbocycles. The van der Waals surface area contributed by atoms with Gasteiger partial charge in [-0.3, -0.25) is 0 Å². The third-order valence-electron chi connectivity index (χ3n) is 2.65. The molecule has 1 aliphatic carbocycles. The lowest BCUT2D eigenvalue weighted by atomic mass is 10.2. The van der Waals surface area contributed by atoms with Crippen LogP contribution in [0.3, 0.4) is 0 Å². The second-order valence-corrected chi connectivity index (χ2v) is 3.00.